The SMILES string of the molecule is Nc1ccccc1N1CCOC[C@@H]2CCC[C@H]21. The van der Waals surface area contributed by atoms with Crippen molar-refractivity contribution < 1.29 is 4.74 Å². The van der Waals surface area contributed by atoms with Gasteiger partial charge in [0.05, 0.1) is 24.6 Å². The first-order valence-corrected chi connectivity index (χ1v) is 6.55. The maximum absolute atomic E-state index is 6.10. The van der Waals surface area contributed by atoms with E-state index >= 15 is 0 Å². The summed E-state index contributed by atoms with van der Waals surface area (Å²) < 4.78 is 5.72. The van der Waals surface area contributed by atoms with Gasteiger partial charge in [-0.3, -0.25) is 0 Å². The number of ether oxygens (including phenoxy) is 1. The number of fused-ring (bicyclic) bond motifs is 1. The lowest BCUT2D eigenvalue weighted by Gasteiger charge is -2.32. The quantitative estimate of drug-likeness (QED) is 0.755. The van der Waals surface area contributed by atoms with E-state index < -0.39 is 0 Å². The molecule has 0 radical (unpaired) electrons. The zero-order valence-corrected chi connectivity index (χ0v) is 10.1. The molecule has 1 aromatic rings. The molecule has 0 spiro atoms. The van der Waals surface area contributed by atoms with Gasteiger partial charge in [0.1, 0.15) is 0 Å². The van der Waals surface area contributed by atoms with E-state index in [0.717, 1.165) is 25.4 Å². The standard InChI is InChI=1S/C14H20N2O/c15-12-5-1-2-6-14(12)16-8-9-17-10-11-4-3-7-13(11)16/h1-2,5-6,11,13H,3-4,7-10,15H2/t11-,13+/m0/s1. The van der Waals surface area contributed by atoms with E-state index in [-0.39, 0.29) is 0 Å². The van der Waals surface area contributed by atoms with Gasteiger partial charge in [0.25, 0.3) is 0 Å². The van der Waals surface area contributed by atoms with Crippen LogP contribution in [0.25, 0.3) is 0 Å². The molecular formula is C14H20N2O. The highest BCUT2D eigenvalue weighted by Crippen LogP contribution is 2.36. The summed E-state index contributed by atoms with van der Waals surface area (Å²) in [5, 5.41) is 0. The van der Waals surface area contributed by atoms with Crippen LogP contribution in [0.1, 0.15) is 19.3 Å². The van der Waals surface area contributed by atoms with E-state index in [1.54, 1.807) is 0 Å². The number of nitrogen functional groups attached to an aromatic ring is 1. The minimum Gasteiger partial charge on any atom is -0.397 e. The summed E-state index contributed by atoms with van der Waals surface area (Å²) >= 11 is 0. The number of benzene rings is 1. The number of hydrogen-bond donors (Lipinski definition) is 1. The molecule has 92 valence electrons. The van der Waals surface area contributed by atoms with Crippen molar-refractivity contribution in [3.8, 4) is 0 Å². The first kappa shape index (κ1) is 10.9. The summed E-state index contributed by atoms with van der Waals surface area (Å²) in [5.41, 5.74) is 8.18. The molecule has 1 aromatic carbocycles. The third-order valence-corrected chi connectivity index (χ3v) is 4.07. The van der Waals surface area contributed by atoms with Gasteiger partial charge in [-0.15, -0.1) is 0 Å². The maximum Gasteiger partial charge on any atom is 0.0641 e. The summed E-state index contributed by atoms with van der Waals surface area (Å²) in [7, 11) is 0. The van der Waals surface area contributed by atoms with Gasteiger partial charge in [-0.1, -0.05) is 18.6 Å². The molecule has 0 unspecified atom stereocenters. The van der Waals surface area contributed by atoms with E-state index in [1.165, 1.54) is 24.9 Å². The predicted octanol–water partition coefficient (Wildman–Crippen LogP) is 2.27. The van der Waals surface area contributed by atoms with Crippen LogP contribution in [-0.4, -0.2) is 25.8 Å². The fraction of sp³-hybridized carbons (Fsp3) is 0.571. The van der Waals surface area contributed by atoms with Crippen LogP contribution in [0, 0.1) is 5.92 Å². The van der Waals surface area contributed by atoms with Gasteiger partial charge in [-0.25, -0.2) is 0 Å². The van der Waals surface area contributed by atoms with E-state index in [2.05, 4.69) is 17.0 Å². The molecule has 0 aromatic heterocycles. The maximum atomic E-state index is 6.10. The Morgan fingerprint density at radius 2 is 2.12 bits per heavy atom. The average molecular weight is 232 g/mol. The van der Waals surface area contributed by atoms with Crippen molar-refractivity contribution in [1.29, 1.82) is 0 Å². The molecule has 2 atom stereocenters. The largest absolute Gasteiger partial charge is 0.397 e. The molecule has 1 aliphatic carbocycles. The Morgan fingerprint density at radius 3 is 3.00 bits per heavy atom. The lowest BCUT2D eigenvalue weighted by atomic mass is 10.0. The molecule has 1 saturated carbocycles. The summed E-state index contributed by atoms with van der Waals surface area (Å²) in [6.45, 7) is 2.71. The molecule has 1 aliphatic heterocycles. The Morgan fingerprint density at radius 1 is 1.24 bits per heavy atom. The number of nitrogens with two attached hydrogens (primary N) is 1. The molecule has 2 N–H and O–H groups in total. The molecule has 17 heavy (non-hydrogen) atoms. The summed E-state index contributed by atoms with van der Waals surface area (Å²) in [6.07, 6.45) is 3.90. The highest BCUT2D eigenvalue weighted by Gasteiger charge is 2.34. The first-order valence-electron chi connectivity index (χ1n) is 6.55. The lowest BCUT2D eigenvalue weighted by Crippen LogP contribution is -2.38. The lowest BCUT2D eigenvalue weighted by molar-refractivity contribution is 0.121. The van der Waals surface area contributed by atoms with Crippen LogP contribution in [-0.2, 0) is 4.74 Å². The summed E-state index contributed by atoms with van der Waals surface area (Å²) in [5.74, 6) is 0.692. The minimum absolute atomic E-state index is 0.627. The smallest absolute Gasteiger partial charge is 0.0641 e. The van der Waals surface area contributed by atoms with Crippen molar-refractivity contribution in [3.63, 3.8) is 0 Å². The van der Waals surface area contributed by atoms with Crippen molar-refractivity contribution in [2.75, 3.05) is 30.4 Å². The van der Waals surface area contributed by atoms with Crippen molar-refractivity contribution in [1.82, 2.24) is 0 Å². The topological polar surface area (TPSA) is 38.5 Å². The van der Waals surface area contributed by atoms with Crippen LogP contribution in [0.2, 0.25) is 0 Å². The third kappa shape index (κ3) is 2.00. The number of para-hydroxylation sites is 2. The monoisotopic (exact) mass is 232 g/mol. The van der Waals surface area contributed by atoms with E-state index in [9.17, 15) is 0 Å². The first-order chi connectivity index (χ1) is 8.36. The Balaban J connectivity index is 1.92. The number of rotatable bonds is 1. The van der Waals surface area contributed by atoms with Crippen molar-refractivity contribution in [2.45, 2.75) is 25.3 Å². The number of hydrogen-bond acceptors (Lipinski definition) is 3. The van der Waals surface area contributed by atoms with Crippen molar-refractivity contribution >= 4 is 11.4 Å². The number of anilines is 2. The Hall–Kier alpha value is -1.22. The minimum atomic E-state index is 0.627. The second-order valence-electron chi connectivity index (χ2n) is 5.09. The third-order valence-electron chi connectivity index (χ3n) is 4.07. The fourth-order valence-electron chi connectivity index (χ4n) is 3.23. The molecule has 2 fully saturated rings. The van der Waals surface area contributed by atoms with E-state index in [0.29, 0.717) is 12.0 Å². The van der Waals surface area contributed by atoms with Crippen molar-refractivity contribution in [3.05, 3.63) is 24.3 Å². The second kappa shape index (κ2) is 4.57. The molecule has 2 aliphatic rings. The van der Waals surface area contributed by atoms with Crippen LogP contribution in [0.3, 0.4) is 0 Å². The fourth-order valence-corrected chi connectivity index (χ4v) is 3.23. The Bertz CT molecular complexity index is 394. The van der Waals surface area contributed by atoms with Gasteiger partial charge >= 0.3 is 0 Å². The van der Waals surface area contributed by atoms with Gasteiger partial charge in [0.2, 0.25) is 0 Å². The molecule has 0 amide bonds. The van der Waals surface area contributed by atoms with Crippen LogP contribution < -0.4 is 10.6 Å². The van der Waals surface area contributed by atoms with Gasteiger partial charge in [0, 0.05) is 18.5 Å². The molecular weight excluding hydrogens is 212 g/mol. The van der Waals surface area contributed by atoms with Gasteiger partial charge < -0.3 is 15.4 Å². The Kier molecular flexibility index (Phi) is 2.93. The van der Waals surface area contributed by atoms with E-state index in [1.807, 2.05) is 12.1 Å². The van der Waals surface area contributed by atoms with Gasteiger partial charge in [-0.2, -0.15) is 0 Å². The van der Waals surface area contributed by atoms with E-state index in [4.69, 9.17) is 10.5 Å². The van der Waals surface area contributed by atoms with Crippen LogP contribution in [0.5, 0.6) is 0 Å². The molecule has 1 saturated heterocycles. The van der Waals surface area contributed by atoms with Crippen LogP contribution in [0.4, 0.5) is 11.4 Å². The van der Waals surface area contributed by atoms with Crippen molar-refractivity contribution in [2.24, 2.45) is 5.92 Å². The van der Waals surface area contributed by atoms with Gasteiger partial charge in [-0.05, 0) is 25.0 Å². The van der Waals surface area contributed by atoms with Crippen LogP contribution >= 0.6 is 0 Å². The average Bonchev–Trinajstić information content (AvgIpc) is 2.71. The zero-order chi connectivity index (χ0) is 11.7. The normalized spacial score (nSPS) is 28.8. The molecule has 3 nitrogen and oxygen atoms in total. The second-order valence-corrected chi connectivity index (χ2v) is 5.09. The molecule has 3 heteroatoms. The highest BCUT2D eigenvalue weighted by atomic mass is 16.5. The van der Waals surface area contributed by atoms with Crippen LogP contribution in [0.15, 0.2) is 24.3 Å². The van der Waals surface area contributed by atoms with Gasteiger partial charge in [0.15, 0.2) is 0 Å². The number of nitrogens with zero attached hydrogens (tertiary/aromatic N) is 1. The highest BCUT2D eigenvalue weighted by molar-refractivity contribution is 5.68. The summed E-state index contributed by atoms with van der Waals surface area (Å²) in [4.78, 5) is 2.47. The predicted molar refractivity (Wildman–Crippen MR) is 70.1 cm³/mol. The Labute approximate surface area is 103 Å². The molecule has 0 bridgehead atoms. The molecule has 3 rings (SSSR count). The zero-order valence-electron chi connectivity index (χ0n) is 10.1. The summed E-state index contributed by atoms with van der Waals surface area (Å²) in [6, 6.07) is 8.82. The molecule has 1 heterocycles.